The van der Waals surface area contributed by atoms with E-state index in [1.807, 2.05) is 28.8 Å². The van der Waals surface area contributed by atoms with Crippen molar-refractivity contribution in [2.45, 2.75) is 19.5 Å². The first-order valence-electron chi connectivity index (χ1n) is 5.87. The van der Waals surface area contributed by atoms with Crippen LogP contribution in [0.5, 0.6) is 0 Å². The number of aliphatic hydroxyl groups excluding tert-OH is 1. The number of hydrogen-bond acceptors (Lipinski definition) is 3. The van der Waals surface area contributed by atoms with Gasteiger partial charge in [0.05, 0.1) is 30.9 Å². The van der Waals surface area contributed by atoms with E-state index in [4.69, 9.17) is 0 Å². The van der Waals surface area contributed by atoms with Gasteiger partial charge in [0.2, 0.25) is 0 Å². The molecule has 1 aromatic heterocycles. The Morgan fingerprint density at radius 1 is 1.39 bits per heavy atom. The Balaban J connectivity index is 2.17. The second kappa shape index (κ2) is 6.02. The van der Waals surface area contributed by atoms with Gasteiger partial charge in [-0.25, -0.2) is 4.98 Å². The van der Waals surface area contributed by atoms with E-state index in [1.165, 1.54) is 0 Å². The Bertz CT molecular complexity index is 495. The summed E-state index contributed by atoms with van der Waals surface area (Å²) in [7, 11) is 0. The molecule has 18 heavy (non-hydrogen) atoms. The number of aromatic nitrogens is 2. The molecule has 1 atom stereocenters. The van der Waals surface area contributed by atoms with Crippen molar-refractivity contribution in [3.63, 3.8) is 0 Å². The van der Waals surface area contributed by atoms with Crippen LogP contribution < -0.4 is 5.32 Å². The monoisotopic (exact) mass is 309 g/mol. The van der Waals surface area contributed by atoms with E-state index in [2.05, 4.69) is 33.2 Å². The molecule has 0 aliphatic carbocycles. The Morgan fingerprint density at radius 3 is 2.72 bits per heavy atom. The van der Waals surface area contributed by atoms with Crippen LogP contribution in [-0.2, 0) is 6.54 Å². The van der Waals surface area contributed by atoms with E-state index >= 15 is 0 Å². The molecule has 1 unspecified atom stereocenters. The fourth-order valence-corrected chi connectivity index (χ4v) is 2.11. The zero-order valence-electron chi connectivity index (χ0n) is 10.2. The van der Waals surface area contributed by atoms with E-state index < -0.39 is 0 Å². The molecular formula is C13H16BrN3O. The zero-order chi connectivity index (χ0) is 13.0. The maximum absolute atomic E-state index is 9.52. The first-order chi connectivity index (χ1) is 8.74. The summed E-state index contributed by atoms with van der Waals surface area (Å²) in [6.07, 6.45) is 3.57. The van der Waals surface area contributed by atoms with Gasteiger partial charge in [-0.15, -0.1) is 0 Å². The molecule has 0 saturated carbocycles. The topological polar surface area (TPSA) is 50.1 Å². The molecule has 2 rings (SSSR count). The summed E-state index contributed by atoms with van der Waals surface area (Å²) in [6.45, 7) is 2.93. The van der Waals surface area contributed by atoms with E-state index in [-0.39, 0.29) is 12.6 Å². The number of aliphatic hydroxyl groups is 1. The summed E-state index contributed by atoms with van der Waals surface area (Å²) < 4.78 is 3.06. The lowest BCUT2D eigenvalue weighted by molar-refractivity contribution is 0.272. The van der Waals surface area contributed by atoms with Gasteiger partial charge in [0, 0.05) is 16.7 Å². The highest BCUT2D eigenvalue weighted by atomic mass is 79.9. The Morgan fingerprint density at radius 2 is 2.11 bits per heavy atom. The second-order valence-electron chi connectivity index (χ2n) is 3.99. The summed E-state index contributed by atoms with van der Waals surface area (Å²) >= 11 is 3.40. The van der Waals surface area contributed by atoms with Gasteiger partial charge in [-0.05, 0) is 31.2 Å². The minimum Gasteiger partial charge on any atom is -0.394 e. The third-order valence-electron chi connectivity index (χ3n) is 2.81. The molecule has 1 heterocycles. The SMILES string of the molecule is CCn1cncc1C(CO)Nc1ccc(Br)cc1. The molecule has 1 aromatic carbocycles. The van der Waals surface area contributed by atoms with Crippen LogP contribution in [0.25, 0.3) is 0 Å². The van der Waals surface area contributed by atoms with Gasteiger partial charge in [-0.3, -0.25) is 0 Å². The molecule has 0 radical (unpaired) electrons. The molecular weight excluding hydrogens is 294 g/mol. The summed E-state index contributed by atoms with van der Waals surface area (Å²) in [5, 5.41) is 12.8. The fourth-order valence-electron chi connectivity index (χ4n) is 1.85. The van der Waals surface area contributed by atoms with Crippen molar-refractivity contribution in [1.29, 1.82) is 0 Å². The Hall–Kier alpha value is -1.33. The summed E-state index contributed by atoms with van der Waals surface area (Å²) in [6, 6.07) is 7.73. The highest BCUT2D eigenvalue weighted by molar-refractivity contribution is 9.10. The highest BCUT2D eigenvalue weighted by Gasteiger charge is 2.14. The largest absolute Gasteiger partial charge is 0.394 e. The number of anilines is 1. The summed E-state index contributed by atoms with van der Waals surface area (Å²) in [5.74, 6) is 0. The minimum absolute atomic E-state index is 0.0295. The van der Waals surface area contributed by atoms with Crippen molar-refractivity contribution in [1.82, 2.24) is 9.55 Å². The van der Waals surface area contributed by atoms with Crippen LogP contribution in [0, 0.1) is 0 Å². The number of benzene rings is 1. The predicted octanol–water partition coefficient (Wildman–Crippen LogP) is 2.81. The van der Waals surface area contributed by atoms with E-state index in [9.17, 15) is 5.11 Å². The molecule has 0 spiro atoms. The highest BCUT2D eigenvalue weighted by Crippen LogP contribution is 2.21. The standard InChI is InChI=1S/C13H16BrN3O/c1-2-17-9-15-7-13(17)12(8-18)16-11-5-3-10(14)4-6-11/h3-7,9,12,16,18H,2,8H2,1H3. The molecule has 0 fully saturated rings. The maximum atomic E-state index is 9.52. The first-order valence-corrected chi connectivity index (χ1v) is 6.67. The quantitative estimate of drug-likeness (QED) is 0.893. The lowest BCUT2D eigenvalue weighted by atomic mass is 10.2. The third kappa shape index (κ3) is 2.91. The molecule has 0 aliphatic rings. The predicted molar refractivity (Wildman–Crippen MR) is 75.5 cm³/mol. The lowest BCUT2D eigenvalue weighted by Crippen LogP contribution is -2.18. The van der Waals surface area contributed by atoms with E-state index in [1.54, 1.807) is 12.5 Å². The van der Waals surface area contributed by atoms with Gasteiger partial charge in [0.25, 0.3) is 0 Å². The van der Waals surface area contributed by atoms with Crippen LogP contribution in [0.2, 0.25) is 0 Å². The van der Waals surface area contributed by atoms with Crippen molar-refractivity contribution in [2.75, 3.05) is 11.9 Å². The molecule has 5 heteroatoms. The van der Waals surface area contributed by atoms with Gasteiger partial charge in [0.15, 0.2) is 0 Å². The number of halogens is 1. The van der Waals surface area contributed by atoms with Crippen molar-refractivity contribution in [3.8, 4) is 0 Å². The van der Waals surface area contributed by atoms with Gasteiger partial charge >= 0.3 is 0 Å². The molecule has 0 saturated heterocycles. The van der Waals surface area contributed by atoms with Crippen LogP contribution >= 0.6 is 15.9 Å². The number of hydrogen-bond donors (Lipinski definition) is 2. The second-order valence-corrected chi connectivity index (χ2v) is 4.91. The number of nitrogens with one attached hydrogen (secondary N) is 1. The van der Waals surface area contributed by atoms with Crippen LogP contribution in [0.15, 0.2) is 41.3 Å². The Labute approximate surface area is 115 Å². The molecule has 0 aliphatic heterocycles. The van der Waals surface area contributed by atoms with Crippen LogP contribution in [-0.4, -0.2) is 21.3 Å². The Kier molecular flexibility index (Phi) is 4.38. The summed E-state index contributed by atoms with van der Waals surface area (Å²) in [4.78, 5) is 4.12. The van der Waals surface area contributed by atoms with Crippen LogP contribution in [0.1, 0.15) is 18.7 Å². The van der Waals surface area contributed by atoms with Crippen LogP contribution in [0.3, 0.4) is 0 Å². The fraction of sp³-hybridized carbons (Fsp3) is 0.308. The normalized spacial score (nSPS) is 12.4. The van der Waals surface area contributed by atoms with Gasteiger partial charge in [-0.2, -0.15) is 0 Å². The van der Waals surface area contributed by atoms with Crippen molar-refractivity contribution in [2.24, 2.45) is 0 Å². The van der Waals surface area contributed by atoms with Crippen molar-refractivity contribution < 1.29 is 5.11 Å². The molecule has 2 aromatic rings. The summed E-state index contributed by atoms with van der Waals surface area (Å²) in [5.41, 5.74) is 1.96. The smallest absolute Gasteiger partial charge is 0.0948 e. The zero-order valence-corrected chi connectivity index (χ0v) is 11.8. The molecule has 0 bridgehead atoms. The number of rotatable bonds is 5. The number of imidazole rings is 1. The lowest BCUT2D eigenvalue weighted by Gasteiger charge is -2.19. The number of nitrogens with zero attached hydrogens (tertiary/aromatic N) is 2. The van der Waals surface area contributed by atoms with Gasteiger partial charge in [0.1, 0.15) is 0 Å². The number of aryl methyl sites for hydroxylation is 1. The van der Waals surface area contributed by atoms with E-state index in [0.29, 0.717) is 0 Å². The molecule has 96 valence electrons. The van der Waals surface area contributed by atoms with Gasteiger partial charge in [-0.1, -0.05) is 15.9 Å². The van der Waals surface area contributed by atoms with Crippen LogP contribution in [0.4, 0.5) is 5.69 Å². The minimum atomic E-state index is -0.145. The molecule has 0 amide bonds. The van der Waals surface area contributed by atoms with Crippen molar-refractivity contribution in [3.05, 3.63) is 47.0 Å². The average Bonchev–Trinajstić information content (AvgIpc) is 2.86. The maximum Gasteiger partial charge on any atom is 0.0948 e. The van der Waals surface area contributed by atoms with Gasteiger partial charge < -0.3 is 15.0 Å². The molecule has 4 nitrogen and oxygen atoms in total. The first kappa shape index (κ1) is 13.1. The third-order valence-corrected chi connectivity index (χ3v) is 3.34. The van der Waals surface area contributed by atoms with E-state index in [0.717, 1.165) is 22.4 Å². The molecule has 2 N–H and O–H groups in total. The average molecular weight is 310 g/mol. The van der Waals surface area contributed by atoms with Crippen molar-refractivity contribution >= 4 is 21.6 Å².